The molecule has 0 radical (unpaired) electrons. The van der Waals surface area contributed by atoms with Crippen LogP contribution >= 0.6 is 0 Å². The normalized spacial score (nSPS) is 18.1. The number of alkyl halides is 2. The van der Waals surface area contributed by atoms with Gasteiger partial charge in [0.15, 0.2) is 0 Å². The molecule has 8 heteroatoms. The Hall–Kier alpha value is -2.35. The van der Waals surface area contributed by atoms with Gasteiger partial charge in [0.05, 0.1) is 7.11 Å². The van der Waals surface area contributed by atoms with Crippen molar-refractivity contribution in [2.45, 2.75) is 31.7 Å². The highest BCUT2D eigenvalue weighted by Crippen LogP contribution is 2.39. The third-order valence-electron chi connectivity index (χ3n) is 5.03. The molecule has 1 saturated heterocycles. The summed E-state index contributed by atoms with van der Waals surface area (Å²) in [5.74, 6) is 2.07. The van der Waals surface area contributed by atoms with Crippen LogP contribution in [0.2, 0.25) is 0 Å². The summed E-state index contributed by atoms with van der Waals surface area (Å²) in [5, 5.41) is 0. The smallest absolute Gasteiger partial charge is 0.280 e. The number of pyridine rings is 1. The molecule has 144 valence electrons. The molecule has 0 atom stereocenters. The molecule has 2 aliphatic rings. The summed E-state index contributed by atoms with van der Waals surface area (Å²) >= 11 is 0. The van der Waals surface area contributed by atoms with E-state index in [1.54, 1.807) is 7.11 Å². The van der Waals surface area contributed by atoms with Crippen molar-refractivity contribution in [1.29, 1.82) is 0 Å². The monoisotopic (exact) mass is 375 g/mol. The van der Waals surface area contributed by atoms with Crippen LogP contribution in [0, 0.1) is 0 Å². The summed E-state index contributed by atoms with van der Waals surface area (Å²) in [7, 11) is 1.60. The lowest BCUT2D eigenvalue weighted by atomic mass is 10.2. The largest absolute Gasteiger partial charge is 0.481 e. The lowest BCUT2D eigenvalue weighted by molar-refractivity contribution is 0.145. The Kier molecular flexibility index (Phi) is 5.15. The van der Waals surface area contributed by atoms with E-state index in [1.807, 2.05) is 18.3 Å². The zero-order chi connectivity index (χ0) is 18.8. The lowest BCUT2D eigenvalue weighted by Crippen LogP contribution is -2.46. The minimum atomic E-state index is -2.56. The van der Waals surface area contributed by atoms with Gasteiger partial charge in [-0.15, -0.1) is 0 Å². The lowest BCUT2D eigenvalue weighted by Gasteiger charge is -2.35. The highest BCUT2D eigenvalue weighted by Gasteiger charge is 2.29. The van der Waals surface area contributed by atoms with Crippen molar-refractivity contribution in [2.24, 2.45) is 0 Å². The molecule has 0 amide bonds. The maximum atomic E-state index is 13.2. The summed E-state index contributed by atoms with van der Waals surface area (Å²) in [4.78, 5) is 17.3. The minimum Gasteiger partial charge on any atom is -0.481 e. The average Bonchev–Trinajstić information content (AvgIpc) is 3.54. The van der Waals surface area contributed by atoms with Gasteiger partial charge < -0.3 is 9.64 Å². The van der Waals surface area contributed by atoms with Crippen molar-refractivity contribution in [2.75, 3.05) is 38.2 Å². The maximum Gasteiger partial charge on any atom is 0.280 e. The van der Waals surface area contributed by atoms with E-state index < -0.39 is 6.43 Å². The van der Waals surface area contributed by atoms with Gasteiger partial charge in [0, 0.05) is 57.0 Å². The van der Waals surface area contributed by atoms with E-state index in [4.69, 9.17) is 4.74 Å². The summed E-state index contributed by atoms with van der Waals surface area (Å²) in [6.07, 6.45) is 1.26. The zero-order valence-electron chi connectivity index (χ0n) is 15.3. The first-order valence-electron chi connectivity index (χ1n) is 9.25. The van der Waals surface area contributed by atoms with E-state index in [0.29, 0.717) is 17.5 Å². The van der Waals surface area contributed by atoms with E-state index >= 15 is 0 Å². The summed E-state index contributed by atoms with van der Waals surface area (Å²) < 4.78 is 31.5. The fourth-order valence-electron chi connectivity index (χ4n) is 3.29. The highest BCUT2D eigenvalue weighted by atomic mass is 19.3. The molecular weight excluding hydrogens is 352 g/mol. The number of aromatic nitrogens is 3. The number of anilines is 1. The molecule has 27 heavy (non-hydrogen) atoms. The molecule has 0 N–H and O–H groups in total. The van der Waals surface area contributed by atoms with Gasteiger partial charge in [-0.3, -0.25) is 4.90 Å². The number of hydrogen-bond acceptors (Lipinski definition) is 6. The second-order valence-electron chi connectivity index (χ2n) is 7.06. The minimum absolute atomic E-state index is 0.159. The summed E-state index contributed by atoms with van der Waals surface area (Å²) in [5.41, 5.74) is 0.968. The topological polar surface area (TPSA) is 54.4 Å². The van der Waals surface area contributed by atoms with Crippen LogP contribution in [0.15, 0.2) is 24.4 Å². The summed E-state index contributed by atoms with van der Waals surface area (Å²) in [6.45, 7) is 4.02. The molecule has 1 aliphatic carbocycles. The van der Waals surface area contributed by atoms with Gasteiger partial charge in [0.2, 0.25) is 5.88 Å². The molecule has 0 bridgehead atoms. The van der Waals surface area contributed by atoms with Gasteiger partial charge in [-0.05, 0) is 18.4 Å². The van der Waals surface area contributed by atoms with E-state index in [-0.39, 0.29) is 11.6 Å². The first-order chi connectivity index (χ1) is 13.1. The molecule has 6 nitrogen and oxygen atoms in total. The standard InChI is InChI=1S/C19H23F2N5O/c1-27-17-5-2-13(11-22-17)12-25-6-8-26(9-7-25)16-10-15(18(20)21)23-19(24-16)14-3-4-14/h2,5,10-11,14,18H,3-4,6-9,12H2,1H3. The first kappa shape index (κ1) is 18.0. The number of piperazine rings is 1. The molecule has 0 unspecified atom stereocenters. The van der Waals surface area contributed by atoms with E-state index in [1.165, 1.54) is 6.07 Å². The van der Waals surface area contributed by atoms with Crippen molar-refractivity contribution >= 4 is 5.82 Å². The molecular formula is C19H23F2N5O. The van der Waals surface area contributed by atoms with Crippen LogP contribution in [0.3, 0.4) is 0 Å². The van der Waals surface area contributed by atoms with Crippen LogP contribution in [0.5, 0.6) is 5.88 Å². The number of nitrogens with zero attached hydrogens (tertiary/aromatic N) is 5. The SMILES string of the molecule is COc1ccc(CN2CCN(c3cc(C(F)F)nc(C4CC4)n3)CC2)cn1. The van der Waals surface area contributed by atoms with Gasteiger partial charge in [-0.1, -0.05) is 6.07 Å². The second kappa shape index (κ2) is 7.72. The quantitative estimate of drug-likeness (QED) is 0.774. The first-order valence-corrected chi connectivity index (χ1v) is 9.25. The van der Waals surface area contributed by atoms with Gasteiger partial charge in [-0.25, -0.2) is 23.7 Å². The molecule has 0 aromatic carbocycles. The Morgan fingerprint density at radius 1 is 1.15 bits per heavy atom. The van der Waals surface area contributed by atoms with Crippen molar-refractivity contribution < 1.29 is 13.5 Å². The fourth-order valence-corrected chi connectivity index (χ4v) is 3.29. The van der Waals surface area contributed by atoms with Crippen LogP contribution in [0.25, 0.3) is 0 Å². The highest BCUT2D eigenvalue weighted by molar-refractivity contribution is 5.41. The predicted molar refractivity (Wildman–Crippen MR) is 97.2 cm³/mol. The molecule has 0 spiro atoms. The molecule has 2 aromatic rings. The van der Waals surface area contributed by atoms with Gasteiger partial charge in [0.1, 0.15) is 17.3 Å². The Morgan fingerprint density at radius 2 is 1.93 bits per heavy atom. The van der Waals surface area contributed by atoms with Gasteiger partial charge >= 0.3 is 0 Å². The fraction of sp³-hybridized carbons (Fsp3) is 0.526. The number of methoxy groups -OCH3 is 1. The van der Waals surface area contributed by atoms with E-state index in [0.717, 1.165) is 51.1 Å². The van der Waals surface area contributed by atoms with Crippen LogP contribution in [0.1, 0.15) is 42.3 Å². The average molecular weight is 375 g/mol. The van der Waals surface area contributed by atoms with Crippen molar-refractivity contribution in [3.63, 3.8) is 0 Å². The van der Waals surface area contributed by atoms with Crippen LogP contribution < -0.4 is 9.64 Å². The molecule has 4 rings (SSSR count). The van der Waals surface area contributed by atoms with Crippen molar-refractivity contribution in [3.05, 3.63) is 41.5 Å². The van der Waals surface area contributed by atoms with E-state index in [2.05, 4.69) is 24.8 Å². The second-order valence-corrected chi connectivity index (χ2v) is 7.06. The van der Waals surface area contributed by atoms with E-state index in [9.17, 15) is 8.78 Å². The Morgan fingerprint density at radius 3 is 2.52 bits per heavy atom. The molecule has 1 aliphatic heterocycles. The van der Waals surface area contributed by atoms with Crippen molar-refractivity contribution in [1.82, 2.24) is 19.9 Å². The zero-order valence-corrected chi connectivity index (χ0v) is 15.3. The van der Waals surface area contributed by atoms with Gasteiger partial charge in [-0.2, -0.15) is 0 Å². The Bertz CT molecular complexity index is 754. The number of rotatable bonds is 6. The third-order valence-corrected chi connectivity index (χ3v) is 5.03. The number of halogens is 2. The van der Waals surface area contributed by atoms with Crippen LogP contribution in [-0.2, 0) is 6.54 Å². The van der Waals surface area contributed by atoms with Crippen LogP contribution in [0.4, 0.5) is 14.6 Å². The Balaban J connectivity index is 1.39. The molecule has 2 fully saturated rings. The number of ether oxygens (including phenoxy) is 1. The predicted octanol–water partition coefficient (Wildman–Crippen LogP) is 3.02. The third kappa shape index (κ3) is 4.32. The number of hydrogen-bond donors (Lipinski definition) is 0. The maximum absolute atomic E-state index is 13.2. The van der Waals surface area contributed by atoms with Crippen LogP contribution in [-0.4, -0.2) is 53.1 Å². The van der Waals surface area contributed by atoms with Crippen molar-refractivity contribution in [3.8, 4) is 5.88 Å². The molecule has 3 heterocycles. The Labute approximate surface area is 157 Å². The molecule has 2 aromatic heterocycles. The summed E-state index contributed by atoms with van der Waals surface area (Å²) in [6, 6.07) is 5.32. The molecule has 1 saturated carbocycles. The van der Waals surface area contributed by atoms with Gasteiger partial charge in [0.25, 0.3) is 6.43 Å².